The molecule has 1 fully saturated rings. The normalized spacial score (nSPS) is 20.1. The molecule has 4 rings (SSSR count). The molecule has 10 nitrogen and oxygen atoms in total. The van der Waals surface area contributed by atoms with Gasteiger partial charge in [0.05, 0.1) is 29.1 Å². The van der Waals surface area contributed by atoms with Crippen molar-refractivity contribution in [3.8, 4) is 0 Å². The number of nitrogens with zero attached hydrogens (tertiary/aromatic N) is 3. The first kappa shape index (κ1) is 35.9. The molecule has 0 spiro atoms. The number of carbonyl (C=O) groups is 2. The lowest BCUT2D eigenvalue weighted by Gasteiger charge is -2.50. The van der Waals surface area contributed by atoms with Crippen LogP contribution in [0.2, 0.25) is 18.1 Å². The van der Waals surface area contributed by atoms with Crippen LogP contribution in [0, 0.1) is 5.41 Å². The van der Waals surface area contributed by atoms with Gasteiger partial charge in [0.1, 0.15) is 6.04 Å². The number of nitrogens with two attached hydrogens (primary N) is 1. The van der Waals surface area contributed by atoms with Gasteiger partial charge in [0, 0.05) is 12.4 Å². The van der Waals surface area contributed by atoms with E-state index in [2.05, 4.69) is 64.9 Å². The molecule has 11 heteroatoms. The molecular formula is C36H51N5O5Si. The predicted molar refractivity (Wildman–Crippen MR) is 189 cm³/mol. The fourth-order valence-electron chi connectivity index (χ4n) is 6.45. The van der Waals surface area contributed by atoms with Gasteiger partial charge in [-0.15, -0.1) is 0 Å². The van der Waals surface area contributed by atoms with E-state index in [1.165, 1.54) is 17.0 Å². The lowest BCUT2D eigenvalue weighted by Crippen LogP contribution is -2.60. The van der Waals surface area contributed by atoms with Crippen molar-refractivity contribution in [2.45, 2.75) is 110 Å². The Hall–Kier alpha value is -3.96. The fraction of sp³-hybridized carbons (Fsp3) is 0.500. The summed E-state index contributed by atoms with van der Waals surface area (Å²) in [6.07, 6.45) is 3.22. The van der Waals surface area contributed by atoms with Crippen molar-refractivity contribution in [1.29, 1.82) is 0 Å². The van der Waals surface area contributed by atoms with Gasteiger partial charge in [0.25, 0.3) is 0 Å². The summed E-state index contributed by atoms with van der Waals surface area (Å²) in [4.78, 5) is 43.9. The summed E-state index contributed by atoms with van der Waals surface area (Å²) in [6, 6.07) is 15.8. The van der Waals surface area contributed by atoms with E-state index in [0.29, 0.717) is 30.6 Å². The molecule has 1 aromatic heterocycles. The maximum Gasteiger partial charge on any atom is 0.408 e. The molecule has 0 saturated carbocycles. The van der Waals surface area contributed by atoms with Crippen molar-refractivity contribution >= 4 is 31.7 Å². The highest BCUT2D eigenvalue weighted by Crippen LogP contribution is 2.52. The molecule has 1 saturated heterocycles. The predicted octanol–water partition coefficient (Wildman–Crippen LogP) is 7.26. The third-order valence-electron chi connectivity index (χ3n) is 10.4. The zero-order valence-corrected chi connectivity index (χ0v) is 30.2. The minimum Gasteiger partial charge on any atom is -0.465 e. The summed E-state index contributed by atoms with van der Waals surface area (Å²) in [5, 5.41) is 13.7. The minimum absolute atomic E-state index is 0.0613. The van der Waals surface area contributed by atoms with Gasteiger partial charge in [-0.05, 0) is 79.1 Å². The first-order chi connectivity index (χ1) is 21.8. The van der Waals surface area contributed by atoms with Crippen LogP contribution < -0.4 is 16.7 Å². The number of anilines is 2. The molecular weight excluding hydrogens is 611 g/mol. The largest absolute Gasteiger partial charge is 0.465 e. The number of aromatic nitrogens is 2. The topological polar surface area (TPSA) is 140 Å². The average Bonchev–Trinajstić information content (AvgIpc) is 3.37. The Morgan fingerprint density at radius 2 is 1.77 bits per heavy atom. The van der Waals surface area contributed by atoms with Crippen LogP contribution in [-0.2, 0) is 15.6 Å². The molecule has 2 heterocycles. The van der Waals surface area contributed by atoms with E-state index in [4.69, 9.17) is 10.2 Å². The van der Waals surface area contributed by atoms with Crippen LogP contribution in [0.4, 0.5) is 16.2 Å². The fourth-order valence-corrected chi connectivity index (χ4v) is 7.73. The number of benzene rings is 2. The summed E-state index contributed by atoms with van der Waals surface area (Å²) in [7, 11) is -2.30. The molecule has 0 aliphatic carbocycles. The first-order valence-electron chi connectivity index (χ1n) is 16.3. The molecule has 1 aliphatic rings. The Morgan fingerprint density at radius 3 is 2.32 bits per heavy atom. The molecule has 0 bridgehead atoms. The van der Waals surface area contributed by atoms with E-state index in [-0.39, 0.29) is 5.04 Å². The summed E-state index contributed by atoms with van der Waals surface area (Å²) >= 11 is 0. The lowest BCUT2D eigenvalue weighted by molar-refractivity contribution is -0.118. The molecule has 2 amide bonds. The number of carboxylic acid groups (broad SMARTS) is 1. The lowest BCUT2D eigenvalue weighted by atomic mass is 9.68. The number of nitrogen functional groups attached to an aromatic ring is 1. The molecule has 0 unspecified atom stereocenters. The van der Waals surface area contributed by atoms with E-state index >= 15 is 0 Å². The van der Waals surface area contributed by atoms with Crippen molar-refractivity contribution in [2.75, 3.05) is 11.1 Å². The van der Waals surface area contributed by atoms with Crippen LogP contribution >= 0.6 is 0 Å². The molecule has 47 heavy (non-hydrogen) atoms. The monoisotopic (exact) mass is 661 g/mol. The summed E-state index contributed by atoms with van der Waals surface area (Å²) < 4.78 is 8.34. The van der Waals surface area contributed by atoms with Crippen molar-refractivity contribution in [2.24, 2.45) is 5.41 Å². The number of hydrogen-bond donors (Lipinski definition) is 3. The number of rotatable bonds is 9. The van der Waals surface area contributed by atoms with E-state index in [0.717, 1.165) is 11.1 Å². The first-order valence-corrected chi connectivity index (χ1v) is 19.2. The van der Waals surface area contributed by atoms with Crippen LogP contribution in [0.1, 0.15) is 84.6 Å². The Morgan fingerprint density at radius 1 is 1.11 bits per heavy atom. The van der Waals surface area contributed by atoms with E-state index in [1.807, 2.05) is 36.4 Å². The Kier molecular flexibility index (Phi) is 10.1. The zero-order chi connectivity index (χ0) is 34.9. The van der Waals surface area contributed by atoms with Gasteiger partial charge in [0.2, 0.25) is 5.91 Å². The van der Waals surface area contributed by atoms with Gasteiger partial charge in [-0.25, -0.2) is 14.6 Å². The Balaban J connectivity index is 1.68. The number of likely N-dealkylation sites (tertiary alicyclic amines) is 1. The summed E-state index contributed by atoms with van der Waals surface area (Å²) in [6.45, 7) is 18.9. The van der Waals surface area contributed by atoms with E-state index < -0.39 is 55.1 Å². The van der Waals surface area contributed by atoms with Crippen molar-refractivity contribution < 1.29 is 19.1 Å². The second-order valence-corrected chi connectivity index (χ2v) is 20.1. The molecule has 3 aromatic rings. The summed E-state index contributed by atoms with van der Waals surface area (Å²) in [5.41, 5.74) is 7.36. The second-order valence-electron chi connectivity index (χ2n) is 15.3. The van der Waals surface area contributed by atoms with Gasteiger partial charge in [-0.3, -0.25) is 14.3 Å². The molecule has 0 radical (unpaired) electrons. The highest BCUT2D eigenvalue weighted by molar-refractivity contribution is 6.74. The molecule has 4 atom stereocenters. The van der Waals surface area contributed by atoms with E-state index in [1.54, 1.807) is 30.0 Å². The van der Waals surface area contributed by atoms with Crippen LogP contribution in [0.25, 0.3) is 0 Å². The van der Waals surface area contributed by atoms with Crippen molar-refractivity contribution in [3.05, 3.63) is 88.6 Å². The van der Waals surface area contributed by atoms with Gasteiger partial charge >= 0.3 is 11.8 Å². The smallest absolute Gasteiger partial charge is 0.408 e. The van der Waals surface area contributed by atoms with Gasteiger partial charge in [0.15, 0.2) is 8.32 Å². The maximum absolute atomic E-state index is 13.4. The molecule has 4 N–H and O–H groups in total. The number of nitrogens with one attached hydrogen (secondary N) is 1. The van der Waals surface area contributed by atoms with Gasteiger partial charge in [-0.2, -0.15) is 0 Å². The number of hydrogen-bond acceptors (Lipinski definition) is 6. The third-order valence-corrected chi connectivity index (χ3v) is 14.8. The molecule has 254 valence electrons. The standard InChI is InChI=1S/C36H51N5O5Si/c1-24(40-21-13-20-38-32(40)43)31(42)39-28-17-16-25(22-27(28)37)23-36(34(2,3)4)19-18-29(41(36)33(44)45)30(26-14-11-10-12-15-26)46-47(8,9)35(5,6)7/h10-17,20-22,24,29-30H,18-19,23,37H2,1-9H3,(H,39,42)(H,44,45)/t24-,29+,30+,36-/m0/s1. The van der Waals surface area contributed by atoms with Crippen molar-refractivity contribution in [3.63, 3.8) is 0 Å². The number of carbonyl (C=O) groups excluding carboxylic acids is 1. The van der Waals surface area contributed by atoms with E-state index in [9.17, 15) is 19.5 Å². The SMILES string of the molecule is C[C@@H](C(=O)Nc1ccc(C[C@]2(C(C)(C)C)CC[C@H]([C@H](O[Si](C)(C)C(C)(C)C)c3ccccc3)N2C(=O)O)cc1N)n1cccnc1=O. The van der Waals surface area contributed by atoms with Crippen LogP contribution in [0.15, 0.2) is 71.8 Å². The third kappa shape index (κ3) is 7.31. The summed E-state index contributed by atoms with van der Waals surface area (Å²) in [5.74, 6) is -0.407. The van der Waals surface area contributed by atoms with Gasteiger partial charge in [-0.1, -0.05) is 77.9 Å². The second kappa shape index (κ2) is 13.3. The van der Waals surface area contributed by atoms with Crippen LogP contribution in [-0.4, -0.2) is 51.5 Å². The maximum atomic E-state index is 13.4. The highest BCUT2D eigenvalue weighted by atomic mass is 28.4. The highest BCUT2D eigenvalue weighted by Gasteiger charge is 2.58. The molecule has 2 aromatic carbocycles. The minimum atomic E-state index is -2.30. The Bertz CT molecular complexity index is 1650. The number of amides is 2. The quantitative estimate of drug-likeness (QED) is 0.162. The molecule has 1 aliphatic heterocycles. The van der Waals surface area contributed by atoms with Crippen LogP contribution in [0.5, 0.6) is 0 Å². The van der Waals surface area contributed by atoms with Gasteiger partial charge < -0.3 is 20.6 Å². The Labute approximate surface area is 279 Å². The van der Waals surface area contributed by atoms with Crippen molar-refractivity contribution in [1.82, 2.24) is 14.5 Å². The average molecular weight is 662 g/mol. The van der Waals surface area contributed by atoms with Crippen LogP contribution in [0.3, 0.4) is 0 Å². The zero-order valence-electron chi connectivity index (χ0n) is 29.2.